The van der Waals surface area contributed by atoms with Gasteiger partial charge in [-0.05, 0) is 43.2 Å². The molecule has 2 N–H and O–H groups in total. The summed E-state index contributed by atoms with van der Waals surface area (Å²) in [5.74, 6) is -1.12. The summed E-state index contributed by atoms with van der Waals surface area (Å²) >= 11 is 1.19. The first-order valence-electron chi connectivity index (χ1n) is 9.03. The molecule has 0 aromatic heterocycles. The number of carbonyl (C=O) groups is 3. The van der Waals surface area contributed by atoms with Crippen molar-refractivity contribution in [2.45, 2.75) is 23.8 Å². The normalized spacial score (nSPS) is 12.5. The van der Waals surface area contributed by atoms with E-state index in [9.17, 15) is 14.4 Å². The zero-order valence-corrected chi connectivity index (χ0v) is 16.3. The van der Waals surface area contributed by atoms with Crippen LogP contribution in [0.25, 0.3) is 0 Å². The average molecular weight is 409 g/mol. The SMILES string of the molecule is N#Cc1cccc(NC(=O)CSc2ccccc2C(=O)OCC(=O)NC2CC2)c1. The number of carbonyl (C=O) groups excluding carboxylic acids is 3. The lowest BCUT2D eigenvalue weighted by Crippen LogP contribution is -2.30. The number of rotatable bonds is 8. The highest BCUT2D eigenvalue weighted by molar-refractivity contribution is 8.00. The van der Waals surface area contributed by atoms with Gasteiger partial charge < -0.3 is 15.4 Å². The molecule has 29 heavy (non-hydrogen) atoms. The Hall–Kier alpha value is -3.31. The van der Waals surface area contributed by atoms with Crippen LogP contribution < -0.4 is 10.6 Å². The molecule has 1 fully saturated rings. The van der Waals surface area contributed by atoms with Crippen LogP contribution in [0.1, 0.15) is 28.8 Å². The molecule has 0 spiro atoms. The third kappa shape index (κ3) is 6.36. The maximum atomic E-state index is 12.3. The molecular formula is C21H19N3O4S. The number of ether oxygens (including phenoxy) is 1. The third-order valence-electron chi connectivity index (χ3n) is 4.02. The van der Waals surface area contributed by atoms with Gasteiger partial charge in [-0.15, -0.1) is 11.8 Å². The highest BCUT2D eigenvalue weighted by Gasteiger charge is 2.24. The second-order valence-electron chi connectivity index (χ2n) is 6.44. The Balaban J connectivity index is 1.53. The number of esters is 1. The largest absolute Gasteiger partial charge is 0.452 e. The van der Waals surface area contributed by atoms with Crippen LogP contribution in [-0.2, 0) is 14.3 Å². The van der Waals surface area contributed by atoms with Gasteiger partial charge in [-0.3, -0.25) is 9.59 Å². The molecule has 2 amide bonds. The smallest absolute Gasteiger partial charge is 0.339 e. The van der Waals surface area contributed by atoms with Gasteiger partial charge in [0, 0.05) is 16.6 Å². The molecule has 0 atom stereocenters. The van der Waals surface area contributed by atoms with Crippen LogP contribution in [0, 0.1) is 11.3 Å². The van der Waals surface area contributed by atoms with E-state index in [0.717, 1.165) is 12.8 Å². The zero-order valence-electron chi connectivity index (χ0n) is 15.5. The second kappa shape index (κ2) is 9.75. The van der Waals surface area contributed by atoms with Crippen molar-refractivity contribution >= 4 is 35.2 Å². The molecule has 2 aromatic carbocycles. The Morgan fingerprint density at radius 2 is 1.90 bits per heavy atom. The van der Waals surface area contributed by atoms with Crippen LogP contribution in [0.2, 0.25) is 0 Å². The molecule has 0 radical (unpaired) electrons. The summed E-state index contributed by atoms with van der Waals surface area (Å²) in [5, 5.41) is 14.4. The molecule has 1 aliphatic rings. The van der Waals surface area contributed by atoms with Crippen LogP contribution in [0.15, 0.2) is 53.4 Å². The van der Waals surface area contributed by atoms with Crippen molar-refractivity contribution < 1.29 is 19.1 Å². The quantitative estimate of drug-likeness (QED) is 0.513. The van der Waals surface area contributed by atoms with Gasteiger partial charge in [-0.25, -0.2) is 4.79 Å². The average Bonchev–Trinajstić information content (AvgIpc) is 3.54. The number of anilines is 1. The van der Waals surface area contributed by atoms with Crippen LogP contribution in [0.4, 0.5) is 5.69 Å². The molecule has 0 bridgehead atoms. The number of benzene rings is 2. The number of hydrogen-bond donors (Lipinski definition) is 2. The predicted molar refractivity (Wildman–Crippen MR) is 108 cm³/mol. The number of nitrogens with one attached hydrogen (secondary N) is 2. The summed E-state index contributed by atoms with van der Waals surface area (Å²) in [7, 11) is 0. The van der Waals surface area contributed by atoms with E-state index in [1.54, 1.807) is 48.5 Å². The van der Waals surface area contributed by atoms with Gasteiger partial charge in [0.2, 0.25) is 5.91 Å². The zero-order chi connectivity index (χ0) is 20.6. The van der Waals surface area contributed by atoms with Crippen molar-refractivity contribution in [1.29, 1.82) is 5.26 Å². The number of hydrogen-bond acceptors (Lipinski definition) is 6. The second-order valence-corrected chi connectivity index (χ2v) is 7.46. The van der Waals surface area contributed by atoms with Crippen molar-refractivity contribution in [3.63, 3.8) is 0 Å². The van der Waals surface area contributed by atoms with Crippen molar-refractivity contribution in [2.75, 3.05) is 17.7 Å². The first-order chi connectivity index (χ1) is 14.0. The number of nitrogens with zero attached hydrogens (tertiary/aromatic N) is 1. The van der Waals surface area contributed by atoms with Gasteiger partial charge in [0.25, 0.3) is 5.91 Å². The Morgan fingerprint density at radius 3 is 2.66 bits per heavy atom. The maximum absolute atomic E-state index is 12.3. The van der Waals surface area contributed by atoms with Gasteiger partial charge in [0.1, 0.15) is 0 Å². The number of thioether (sulfide) groups is 1. The first kappa shape index (κ1) is 20.4. The molecule has 7 nitrogen and oxygen atoms in total. The van der Waals surface area contributed by atoms with E-state index in [2.05, 4.69) is 10.6 Å². The van der Waals surface area contributed by atoms with E-state index >= 15 is 0 Å². The monoisotopic (exact) mass is 409 g/mol. The Bertz CT molecular complexity index is 966. The van der Waals surface area contributed by atoms with Gasteiger partial charge in [0.15, 0.2) is 6.61 Å². The number of amides is 2. The molecule has 8 heteroatoms. The van der Waals surface area contributed by atoms with Crippen molar-refractivity contribution in [3.8, 4) is 6.07 Å². The van der Waals surface area contributed by atoms with E-state index in [-0.39, 0.29) is 30.2 Å². The van der Waals surface area contributed by atoms with Crippen LogP contribution in [0.3, 0.4) is 0 Å². The molecular weight excluding hydrogens is 390 g/mol. The summed E-state index contributed by atoms with van der Waals surface area (Å²) in [6, 6.07) is 15.6. The lowest BCUT2D eigenvalue weighted by Gasteiger charge is -2.10. The lowest BCUT2D eigenvalue weighted by molar-refractivity contribution is -0.124. The van der Waals surface area contributed by atoms with Gasteiger partial charge >= 0.3 is 5.97 Å². The molecule has 1 saturated carbocycles. The highest BCUT2D eigenvalue weighted by atomic mass is 32.2. The molecule has 0 unspecified atom stereocenters. The van der Waals surface area contributed by atoms with Crippen LogP contribution in [0.5, 0.6) is 0 Å². The topological polar surface area (TPSA) is 108 Å². The van der Waals surface area contributed by atoms with Crippen LogP contribution in [-0.4, -0.2) is 36.2 Å². The minimum Gasteiger partial charge on any atom is -0.452 e. The van der Waals surface area contributed by atoms with Crippen molar-refractivity contribution in [1.82, 2.24) is 5.32 Å². The van der Waals surface area contributed by atoms with E-state index in [1.165, 1.54) is 11.8 Å². The van der Waals surface area contributed by atoms with Gasteiger partial charge in [0.05, 0.1) is 22.9 Å². The fraction of sp³-hybridized carbons (Fsp3) is 0.238. The van der Waals surface area contributed by atoms with Gasteiger partial charge in [-0.2, -0.15) is 5.26 Å². The van der Waals surface area contributed by atoms with E-state index < -0.39 is 5.97 Å². The molecule has 0 aliphatic heterocycles. The summed E-state index contributed by atoms with van der Waals surface area (Å²) in [4.78, 5) is 36.8. The van der Waals surface area contributed by atoms with E-state index in [4.69, 9.17) is 10.00 Å². The maximum Gasteiger partial charge on any atom is 0.339 e. The summed E-state index contributed by atoms with van der Waals surface area (Å²) in [6.45, 7) is -0.329. The Kier molecular flexibility index (Phi) is 6.87. The highest BCUT2D eigenvalue weighted by Crippen LogP contribution is 2.24. The summed E-state index contributed by atoms with van der Waals surface area (Å²) in [5.41, 5.74) is 1.29. The number of nitriles is 1. The fourth-order valence-electron chi connectivity index (χ4n) is 2.47. The molecule has 1 aliphatic carbocycles. The minimum absolute atomic E-state index is 0.0727. The van der Waals surface area contributed by atoms with Crippen molar-refractivity contribution in [3.05, 3.63) is 59.7 Å². The van der Waals surface area contributed by atoms with Crippen molar-refractivity contribution in [2.24, 2.45) is 0 Å². The molecule has 2 aromatic rings. The summed E-state index contributed by atoms with van der Waals surface area (Å²) < 4.78 is 5.09. The van der Waals surface area contributed by atoms with Gasteiger partial charge in [-0.1, -0.05) is 18.2 Å². The third-order valence-corrected chi connectivity index (χ3v) is 5.09. The van der Waals surface area contributed by atoms with Crippen LogP contribution >= 0.6 is 11.8 Å². The lowest BCUT2D eigenvalue weighted by atomic mass is 10.2. The van der Waals surface area contributed by atoms with E-state index in [0.29, 0.717) is 21.7 Å². The molecule has 0 heterocycles. The molecule has 0 saturated heterocycles. The summed E-state index contributed by atoms with van der Waals surface area (Å²) in [6.07, 6.45) is 1.92. The first-order valence-corrected chi connectivity index (χ1v) is 10.0. The Labute approximate surface area is 172 Å². The predicted octanol–water partition coefficient (Wildman–Crippen LogP) is 2.72. The fourth-order valence-corrected chi connectivity index (χ4v) is 3.31. The molecule has 148 valence electrons. The van der Waals surface area contributed by atoms with E-state index in [1.807, 2.05) is 6.07 Å². The minimum atomic E-state index is -0.610. The molecule has 3 rings (SSSR count). The Morgan fingerprint density at radius 1 is 1.10 bits per heavy atom. The standard InChI is InChI=1S/C21H19N3O4S/c22-11-14-4-3-5-16(10-14)24-20(26)13-29-18-7-2-1-6-17(18)21(27)28-12-19(25)23-15-8-9-15/h1-7,10,15H,8-9,12-13H2,(H,23,25)(H,24,26).